The van der Waals surface area contributed by atoms with Crippen LogP contribution in [0.4, 0.5) is 13.2 Å². The Hall–Kier alpha value is -2.02. The maximum atomic E-state index is 12.1. The third kappa shape index (κ3) is 5.86. The van der Waals surface area contributed by atoms with Gasteiger partial charge in [0.1, 0.15) is 11.8 Å². The summed E-state index contributed by atoms with van der Waals surface area (Å²) < 4.78 is 44.9. The van der Waals surface area contributed by atoms with Crippen molar-refractivity contribution in [3.8, 4) is 5.75 Å². The van der Waals surface area contributed by atoms with Gasteiger partial charge in [-0.05, 0) is 24.6 Å². The molecule has 0 heterocycles. The van der Waals surface area contributed by atoms with Crippen molar-refractivity contribution in [1.29, 1.82) is 0 Å². The molecule has 21 heavy (non-hydrogen) atoms. The number of hydrogen-bond acceptors (Lipinski definition) is 4. The monoisotopic (exact) mass is 303 g/mol. The Morgan fingerprint density at radius 2 is 2.00 bits per heavy atom. The molecule has 0 aliphatic rings. The van der Waals surface area contributed by atoms with Crippen molar-refractivity contribution in [1.82, 2.24) is 5.32 Å². The molecule has 0 saturated carbocycles. The van der Waals surface area contributed by atoms with E-state index in [1.807, 2.05) is 0 Å². The van der Waals surface area contributed by atoms with E-state index in [0.717, 1.165) is 12.1 Å². The first kappa shape index (κ1) is 17.0. The Morgan fingerprint density at radius 1 is 1.38 bits per heavy atom. The summed E-state index contributed by atoms with van der Waals surface area (Å²) in [5.74, 6) is -0.860. The Morgan fingerprint density at radius 3 is 2.48 bits per heavy atom. The van der Waals surface area contributed by atoms with E-state index in [1.54, 1.807) is 13.0 Å². The molecule has 1 rings (SSSR count). The van der Waals surface area contributed by atoms with E-state index in [0.29, 0.717) is 12.1 Å². The summed E-state index contributed by atoms with van der Waals surface area (Å²) in [4.78, 5) is 11.8. The predicted molar refractivity (Wildman–Crippen MR) is 70.7 cm³/mol. The van der Waals surface area contributed by atoms with Crippen LogP contribution in [0.5, 0.6) is 5.75 Å². The summed E-state index contributed by atoms with van der Waals surface area (Å²) in [6.45, 7) is 5.76. The van der Waals surface area contributed by atoms with Crippen molar-refractivity contribution in [2.24, 2.45) is 0 Å². The van der Waals surface area contributed by atoms with Gasteiger partial charge in [0.2, 0.25) is 0 Å². The van der Waals surface area contributed by atoms with Crippen LogP contribution in [0.15, 0.2) is 36.9 Å². The minimum atomic E-state index is -4.75. The highest BCUT2D eigenvalue weighted by molar-refractivity contribution is 5.77. The number of hydrogen-bond donors (Lipinski definition) is 1. The van der Waals surface area contributed by atoms with Crippen molar-refractivity contribution < 1.29 is 27.4 Å². The molecule has 4 nitrogen and oxygen atoms in total. The molecule has 1 atom stereocenters. The van der Waals surface area contributed by atoms with Crippen LogP contribution < -0.4 is 10.1 Å². The normalized spacial score (nSPS) is 12.6. The molecular weight excluding hydrogens is 287 g/mol. The van der Waals surface area contributed by atoms with Crippen LogP contribution in [0.3, 0.4) is 0 Å². The SMILES string of the molecule is C=CCNC(C(=O)OCC)c1ccc(OC(F)(F)F)cc1. The smallest absolute Gasteiger partial charge is 0.465 e. The maximum absolute atomic E-state index is 12.1. The van der Waals surface area contributed by atoms with Gasteiger partial charge in [0.05, 0.1) is 6.61 Å². The Balaban J connectivity index is 2.87. The van der Waals surface area contributed by atoms with Gasteiger partial charge in [-0.15, -0.1) is 19.8 Å². The minimum absolute atomic E-state index is 0.209. The molecule has 0 fully saturated rings. The lowest BCUT2D eigenvalue weighted by Crippen LogP contribution is -2.30. The summed E-state index contributed by atoms with van der Waals surface area (Å²) in [5.41, 5.74) is 0.477. The molecule has 0 amide bonds. The second kappa shape index (κ2) is 7.68. The Kier molecular flexibility index (Phi) is 6.23. The molecule has 1 unspecified atom stereocenters. The van der Waals surface area contributed by atoms with Crippen LogP contribution in [0.2, 0.25) is 0 Å². The number of rotatable bonds is 7. The number of halogens is 3. The summed E-state index contributed by atoms with van der Waals surface area (Å²) in [5, 5.41) is 2.88. The molecule has 0 saturated heterocycles. The van der Waals surface area contributed by atoms with E-state index in [-0.39, 0.29) is 12.4 Å². The average molecular weight is 303 g/mol. The number of carbonyl (C=O) groups is 1. The summed E-state index contributed by atoms with van der Waals surface area (Å²) >= 11 is 0. The zero-order chi connectivity index (χ0) is 15.9. The molecule has 7 heteroatoms. The highest BCUT2D eigenvalue weighted by Gasteiger charge is 2.31. The molecule has 0 spiro atoms. The van der Waals surface area contributed by atoms with Crippen LogP contribution in [0.1, 0.15) is 18.5 Å². The molecule has 0 radical (unpaired) electrons. The van der Waals surface area contributed by atoms with Crippen LogP contribution in [-0.2, 0) is 9.53 Å². The van der Waals surface area contributed by atoms with Gasteiger partial charge in [0, 0.05) is 6.54 Å². The molecular formula is C14H16F3NO3. The van der Waals surface area contributed by atoms with Crippen molar-refractivity contribution >= 4 is 5.97 Å². The highest BCUT2D eigenvalue weighted by Crippen LogP contribution is 2.24. The lowest BCUT2D eigenvalue weighted by molar-refractivity contribution is -0.274. The first-order valence-corrected chi connectivity index (χ1v) is 6.24. The second-order valence-corrected chi connectivity index (χ2v) is 4.00. The molecule has 0 aromatic heterocycles. The first-order chi connectivity index (χ1) is 9.87. The number of alkyl halides is 3. The van der Waals surface area contributed by atoms with Gasteiger partial charge in [-0.2, -0.15) is 0 Å². The average Bonchev–Trinajstić information content (AvgIpc) is 2.39. The zero-order valence-electron chi connectivity index (χ0n) is 11.4. The Labute approximate surface area is 120 Å². The van der Waals surface area contributed by atoms with Crippen molar-refractivity contribution in [3.63, 3.8) is 0 Å². The van der Waals surface area contributed by atoms with Gasteiger partial charge in [0.15, 0.2) is 0 Å². The van der Waals surface area contributed by atoms with Gasteiger partial charge in [0.25, 0.3) is 0 Å². The minimum Gasteiger partial charge on any atom is -0.465 e. The lowest BCUT2D eigenvalue weighted by Gasteiger charge is -2.17. The van der Waals surface area contributed by atoms with E-state index >= 15 is 0 Å². The third-order valence-corrected chi connectivity index (χ3v) is 2.44. The molecule has 1 aromatic rings. The van der Waals surface area contributed by atoms with E-state index in [2.05, 4.69) is 16.6 Å². The zero-order valence-corrected chi connectivity index (χ0v) is 11.4. The summed E-state index contributed by atoms with van der Waals surface area (Å²) in [6, 6.07) is 4.26. The fourth-order valence-corrected chi connectivity index (χ4v) is 1.63. The number of carbonyl (C=O) groups excluding carboxylic acids is 1. The van der Waals surface area contributed by atoms with Gasteiger partial charge in [-0.3, -0.25) is 5.32 Å². The number of esters is 1. The van der Waals surface area contributed by atoms with E-state index in [1.165, 1.54) is 12.1 Å². The molecule has 1 N–H and O–H groups in total. The van der Waals surface area contributed by atoms with Gasteiger partial charge in [-0.25, -0.2) is 4.79 Å². The highest BCUT2D eigenvalue weighted by atomic mass is 19.4. The van der Waals surface area contributed by atoms with Crippen LogP contribution >= 0.6 is 0 Å². The van der Waals surface area contributed by atoms with Gasteiger partial charge in [-0.1, -0.05) is 18.2 Å². The standard InChI is InChI=1S/C14H16F3NO3/c1-3-9-18-12(13(19)20-4-2)10-5-7-11(8-6-10)21-14(15,16)17/h3,5-8,12,18H,1,4,9H2,2H3. The topological polar surface area (TPSA) is 47.6 Å². The van der Waals surface area contributed by atoms with Crippen LogP contribution in [0.25, 0.3) is 0 Å². The van der Waals surface area contributed by atoms with E-state index in [9.17, 15) is 18.0 Å². The second-order valence-electron chi connectivity index (χ2n) is 4.00. The summed E-state index contributed by atoms with van der Waals surface area (Å²) in [6.07, 6.45) is -3.18. The van der Waals surface area contributed by atoms with Crippen molar-refractivity contribution in [2.45, 2.75) is 19.3 Å². The number of ether oxygens (including phenoxy) is 2. The fraction of sp³-hybridized carbons (Fsp3) is 0.357. The molecule has 0 aliphatic heterocycles. The fourth-order valence-electron chi connectivity index (χ4n) is 1.63. The molecule has 0 aliphatic carbocycles. The molecule has 0 bridgehead atoms. The van der Waals surface area contributed by atoms with Gasteiger partial charge < -0.3 is 9.47 Å². The summed E-state index contributed by atoms with van der Waals surface area (Å²) in [7, 11) is 0. The maximum Gasteiger partial charge on any atom is 0.573 e. The Bertz CT molecular complexity index is 471. The lowest BCUT2D eigenvalue weighted by atomic mass is 10.1. The molecule has 1 aromatic carbocycles. The predicted octanol–water partition coefficient (Wildman–Crippen LogP) is 2.97. The molecule has 116 valence electrons. The van der Waals surface area contributed by atoms with Gasteiger partial charge >= 0.3 is 12.3 Å². The van der Waals surface area contributed by atoms with E-state index in [4.69, 9.17) is 4.74 Å². The number of benzene rings is 1. The van der Waals surface area contributed by atoms with E-state index < -0.39 is 18.4 Å². The first-order valence-electron chi connectivity index (χ1n) is 6.24. The quantitative estimate of drug-likeness (QED) is 0.621. The third-order valence-electron chi connectivity index (χ3n) is 2.44. The van der Waals surface area contributed by atoms with Crippen molar-refractivity contribution in [3.05, 3.63) is 42.5 Å². The largest absolute Gasteiger partial charge is 0.573 e. The number of nitrogens with one attached hydrogen (secondary N) is 1. The van der Waals surface area contributed by atoms with Crippen LogP contribution in [-0.4, -0.2) is 25.5 Å². The van der Waals surface area contributed by atoms with Crippen LogP contribution in [0, 0.1) is 0 Å². The van der Waals surface area contributed by atoms with Crippen molar-refractivity contribution in [2.75, 3.05) is 13.2 Å².